The summed E-state index contributed by atoms with van der Waals surface area (Å²) in [6.07, 6.45) is 0. The maximum atomic E-state index is 12.5. The molecule has 26 heavy (non-hydrogen) atoms. The van der Waals surface area contributed by atoms with Crippen LogP contribution in [0, 0.1) is 10.1 Å². The van der Waals surface area contributed by atoms with Crippen LogP contribution in [-0.4, -0.2) is 21.2 Å². The lowest BCUT2D eigenvalue weighted by atomic mass is 9.87. The van der Waals surface area contributed by atoms with Crippen LogP contribution in [0.1, 0.15) is 33.3 Å². The second kappa shape index (κ2) is 7.78. The van der Waals surface area contributed by atoms with Crippen molar-refractivity contribution >= 4 is 29.0 Å². The van der Waals surface area contributed by atoms with Gasteiger partial charge < -0.3 is 10.4 Å². The minimum Gasteiger partial charge on any atom is -0.506 e. The lowest BCUT2D eigenvalue weighted by Gasteiger charge is -2.21. The van der Waals surface area contributed by atoms with Gasteiger partial charge in [-0.1, -0.05) is 26.8 Å². The van der Waals surface area contributed by atoms with Gasteiger partial charge in [0.2, 0.25) is 5.91 Å². The minimum atomic E-state index is -0.463. The Hall–Kier alpha value is -2.54. The molecule has 0 aliphatic rings. The van der Waals surface area contributed by atoms with Crippen molar-refractivity contribution in [2.45, 2.75) is 43.3 Å². The summed E-state index contributed by atoms with van der Waals surface area (Å²) in [5.41, 5.74) is 1.28. The van der Waals surface area contributed by atoms with Crippen LogP contribution in [0.5, 0.6) is 5.75 Å². The predicted molar refractivity (Wildman–Crippen MR) is 104 cm³/mol. The topological polar surface area (TPSA) is 92.5 Å². The molecule has 2 rings (SSSR count). The van der Waals surface area contributed by atoms with Gasteiger partial charge in [0.15, 0.2) is 0 Å². The van der Waals surface area contributed by atoms with Crippen LogP contribution in [0.15, 0.2) is 47.4 Å². The average Bonchev–Trinajstić information content (AvgIpc) is 2.56. The van der Waals surface area contributed by atoms with Crippen molar-refractivity contribution < 1.29 is 14.8 Å². The monoisotopic (exact) mass is 374 g/mol. The number of nitrogens with one attached hydrogen (secondary N) is 1. The van der Waals surface area contributed by atoms with Crippen molar-refractivity contribution in [1.29, 1.82) is 0 Å². The molecular formula is C19H22N2O4S. The maximum absolute atomic E-state index is 12.5. The highest BCUT2D eigenvalue weighted by Crippen LogP contribution is 2.32. The highest BCUT2D eigenvalue weighted by atomic mass is 32.2. The van der Waals surface area contributed by atoms with E-state index in [4.69, 9.17) is 0 Å². The highest BCUT2D eigenvalue weighted by Gasteiger charge is 2.19. The first-order valence-corrected chi connectivity index (χ1v) is 9.01. The molecule has 0 saturated carbocycles. The number of carbonyl (C=O) groups excluding carboxylic acids is 1. The fourth-order valence-corrected chi connectivity index (χ4v) is 3.11. The molecule has 1 unspecified atom stereocenters. The zero-order valence-corrected chi connectivity index (χ0v) is 16.0. The van der Waals surface area contributed by atoms with Crippen molar-refractivity contribution in [3.8, 4) is 5.75 Å². The van der Waals surface area contributed by atoms with Crippen LogP contribution in [-0.2, 0) is 10.2 Å². The number of hydrogen-bond donors (Lipinski definition) is 2. The van der Waals surface area contributed by atoms with Crippen LogP contribution >= 0.6 is 11.8 Å². The molecule has 2 N–H and O–H groups in total. The second-order valence-corrected chi connectivity index (χ2v) is 8.40. The molecular weight excluding hydrogens is 352 g/mol. The Morgan fingerprint density at radius 2 is 1.81 bits per heavy atom. The molecule has 0 fully saturated rings. The number of non-ortho nitro benzene ring substituents is 1. The summed E-state index contributed by atoms with van der Waals surface area (Å²) in [6.45, 7) is 7.90. The lowest BCUT2D eigenvalue weighted by Crippen LogP contribution is -2.23. The van der Waals surface area contributed by atoms with E-state index >= 15 is 0 Å². The minimum absolute atomic E-state index is 0.00960. The average molecular weight is 374 g/mol. The number of carbonyl (C=O) groups is 1. The molecule has 7 heteroatoms. The Kier molecular flexibility index (Phi) is 5.92. The number of nitro groups is 1. The fraction of sp³-hybridized carbons (Fsp3) is 0.316. The van der Waals surface area contributed by atoms with Crippen molar-refractivity contribution in [3.05, 3.63) is 58.1 Å². The smallest absolute Gasteiger partial charge is 0.269 e. The van der Waals surface area contributed by atoms with Crippen LogP contribution in [0.25, 0.3) is 0 Å². The number of amides is 1. The summed E-state index contributed by atoms with van der Waals surface area (Å²) in [6, 6.07) is 11.2. The number of thioether (sulfide) groups is 1. The molecule has 1 amide bonds. The molecule has 0 spiro atoms. The Morgan fingerprint density at radius 3 is 2.35 bits per heavy atom. The molecule has 0 aromatic heterocycles. The van der Waals surface area contributed by atoms with Gasteiger partial charge in [-0.25, -0.2) is 0 Å². The number of hydrogen-bond acceptors (Lipinski definition) is 5. The van der Waals surface area contributed by atoms with Crippen LogP contribution in [0.3, 0.4) is 0 Å². The zero-order valence-electron chi connectivity index (χ0n) is 15.1. The number of phenolic OH excluding ortho intramolecular Hbond substituents is 1. The first-order chi connectivity index (χ1) is 12.1. The van der Waals surface area contributed by atoms with E-state index < -0.39 is 10.2 Å². The van der Waals surface area contributed by atoms with E-state index in [0.717, 1.165) is 10.5 Å². The fourth-order valence-electron chi connectivity index (χ4n) is 2.24. The molecule has 2 aromatic carbocycles. The van der Waals surface area contributed by atoms with Gasteiger partial charge in [0, 0.05) is 17.0 Å². The standard InChI is InChI=1S/C19H22N2O4S/c1-12(26-15-8-6-14(7-9-15)21(24)25)18(23)20-16-11-13(19(2,3)4)5-10-17(16)22/h5-12,22H,1-4H3,(H,20,23). The number of rotatable bonds is 5. The van der Waals surface area contributed by atoms with E-state index in [0.29, 0.717) is 5.69 Å². The Balaban J connectivity index is 2.08. The second-order valence-electron chi connectivity index (χ2n) is 6.98. The molecule has 0 saturated heterocycles. The third-order valence-electron chi connectivity index (χ3n) is 3.85. The number of phenols is 1. The van der Waals surface area contributed by atoms with Crippen LogP contribution < -0.4 is 5.32 Å². The van der Waals surface area contributed by atoms with Gasteiger partial charge >= 0.3 is 0 Å². The largest absolute Gasteiger partial charge is 0.506 e. The van der Waals surface area contributed by atoms with E-state index in [1.807, 2.05) is 6.07 Å². The molecule has 0 heterocycles. The van der Waals surface area contributed by atoms with Crippen LogP contribution in [0.4, 0.5) is 11.4 Å². The molecule has 0 aliphatic carbocycles. The Morgan fingerprint density at radius 1 is 1.19 bits per heavy atom. The molecule has 6 nitrogen and oxygen atoms in total. The summed E-state index contributed by atoms with van der Waals surface area (Å²) in [4.78, 5) is 23.4. The van der Waals surface area contributed by atoms with Crippen LogP contribution in [0.2, 0.25) is 0 Å². The van der Waals surface area contributed by atoms with Gasteiger partial charge in [-0.15, -0.1) is 11.8 Å². The normalized spacial score (nSPS) is 12.5. The number of nitrogens with zero attached hydrogens (tertiary/aromatic N) is 1. The van der Waals surface area contributed by atoms with E-state index in [-0.39, 0.29) is 22.8 Å². The highest BCUT2D eigenvalue weighted by molar-refractivity contribution is 8.00. The molecule has 0 radical (unpaired) electrons. The molecule has 2 aromatic rings. The number of anilines is 1. The van der Waals surface area contributed by atoms with Crippen molar-refractivity contribution in [1.82, 2.24) is 0 Å². The summed E-state index contributed by atoms with van der Waals surface area (Å²) in [5.74, 6) is -0.242. The predicted octanol–water partition coefficient (Wildman–Crippen LogP) is 4.72. The quantitative estimate of drug-likeness (QED) is 0.342. The maximum Gasteiger partial charge on any atom is 0.269 e. The molecule has 0 aliphatic heterocycles. The van der Waals surface area contributed by atoms with Crippen molar-refractivity contribution in [3.63, 3.8) is 0 Å². The zero-order chi connectivity index (χ0) is 19.5. The molecule has 0 bridgehead atoms. The summed E-state index contributed by atoms with van der Waals surface area (Å²) < 4.78 is 0. The van der Waals surface area contributed by atoms with Crippen molar-refractivity contribution in [2.24, 2.45) is 0 Å². The van der Waals surface area contributed by atoms with Crippen molar-refractivity contribution in [2.75, 3.05) is 5.32 Å². The van der Waals surface area contributed by atoms with Gasteiger partial charge in [-0.3, -0.25) is 14.9 Å². The summed E-state index contributed by atoms with van der Waals surface area (Å²) >= 11 is 1.29. The SMILES string of the molecule is CC(Sc1ccc([N+](=O)[O-])cc1)C(=O)Nc1cc(C(C)(C)C)ccc1O. The lowest BCUT2D eigenvalue weighted by molar-refractivity contribution is -0.384. The molecule has 1 atom stereocenters. The Labute approximate surface area is 156 Å². The third-order valence-corrected chi connectivity index (χ3v) is 4.96. The van der Waals surface area contributed by atoms with Gasteiger partial charge in [0.05, 0.1) is 15.9 Å². The summed E-state index contributed by atoms with van der Waals surface area (Å²) in [7, 11) is 0. The summed E-state index contributed by atoms with van der Waals surface area (Å²) in [5, 5.41) is 23.0. The third kappa shape index (κ3) is 4.98. The van der Waals surface area contributed by atoms with Gasteiger partial charge in [0.25, 0.3) is 5.69 Å². The number of benzene rings is 2. The van der Waals surface area contributed by atoms with E-state index in [9.17, 15) is 20.0 Å². The van der Waals surface area contributed by atoms with Gasteiger partial charge in [-0.2, -0.15) is 0 Å². The number of nitro benzene ring substituents is 1. The Bertz CT molecular complexity index is 813. The first-order valence-electron chi connectivity index (χ1n) is 8.13. The van der Waals surface area contributed by atoms with Gasteiger partial charge in [0.1, 0.15) is 5.75 Å². The molecule has 138 valence electrons. The van der Waals surface area contributed by atoms with E-state index in [2.05, 4.69) is 26.1 Å². The first kappa shape index (κ1) is 19.8. The van der Waals surface area contributed by atoms with E-state index in [1.54, 1.807) is 31.2 Å². The van der Waals surface area contributed by atoms with Gasteiger partial charge in [-0.05, 0) is 42.2 Å². The number of aromatic hydroxyl groups is 1. The van der Waals surface area contributed by atoms with E-state index in [1.165, 1.54) is 23.9 Å².